The molecule has 4 heteroatoms. The molecule has 122 valence electrons. The maximum Gasteiger partial charge on any atom is 0.249 e. The molecule has 1 saturated carbocycles. The molecule has 1 unspecified atom stereocenters. The van der Waals surface area contributed by atoms with E-state index in [0.29, 0.717) is 11.6 Å². The van der Waals surface area contributed by atoms with Gasteiger partial charge in [-0.3, -0.25) is 9.59 Å². The Kier molecular flexibility index (Phi) is 4.60. The average molecular weight is 312 g/mol. The Morgan fingerprint density at radius 1 is 1.22 bits per heavy atom. The first-order valence-corrected chi connectivity index (χ1v) is 8.59. The maximum atomic E-state index is 12.3. The lowest BCUT2D eigenvalue weighted by Crippen LogP contribution is -2.34. The highest BCUT2D eigenvalue weighted by molar-refractivity contribution is 6.11. The minimum atomic E-state index is -0.0931. The molecule has 3 rings (SSSR count). The lowest BCUT2D eigenvalue weighted by Gasteiger charge is -2.29. The van der Waals surface area contributed by atoms with Crippen LogP contribution in [0.5, 0.6) is 0 Å². The van der Waals surface area contributed by atoms with Crippen LogP contribution in [0.15, 0.2) is 40.6 Å². The van der Waals surface area contributed by atoms with Crippen LogP contribution in [0.1, 0.15) is 46.0 Å². The lowest BCUT2D eigenvalue weighted by atomic mass is 9.82. The molecular weight excluding hydrogens is 288 g/mol. The van der Waals surface area contributed by atoms with Crippen molar-refractivity contribution in [2.24, 2.45) is 22.7 Å². The van der Waals surface area contributed by atoms with E-state index in [9.17, 15) is 9.59 Å². The summed E-state index contributed by atoms with van der Waals surface area (Å²) >= 11 is 0. The molecule has 1 heterocycles. The van der Waals surface area contributed by atoms with E-state index in [2.05, 4.69) is 24.2 Å². The van der Waals surface area contributed by atoms with E-state index >= 15 is 0 Å². The van der Waals surface area contributed by atoms with E-state index < -0.39 is 0 Å². The van der Waals surface area contributed by atoms with Gasteiger partial charge in [0.2, 0.25) is 11.8 Å². The number of aliphatic imine (C=N–C) groups is 1. The van der Waals surface area contributed by atoms with E-state index in [1.165, 1.54) is 6.42 Å². The molecule has 1 atom stereocenters. The summed E-state index contributed by atoms with van der Waals surface area (Å²) in [5, 5.41) is 2.89. The quantitative estimate of drug-likeness (QED) is 0.850. The van der Waals surface area contributed by atoms with Crippen LogP contribution in [0.3, 0.4) is 0 Å². The Balaban J connectivity index is 1.79. The largest absolute Gasteiger partial charge is 0.325 e. The predicted molar refractivity (Wildman–Crippen MR) is 90.8 cm³/mol. The van der Waals surface area contributed by atoms with Gasteiger partial charge < -0.3 is 5.32 Å². The third kappa shape index (κ3) is 3.52. The number of allylic oxidation sites excluding steroid dienone is 3. The SMILES string of the molecule is CC(C)C1=CC(=O)NC2=CC(=NC(=O)C3CCCCC3)C=CC21. The van der Waals surface area contributed by atoms with Gasteiger partial charge in [0, 0.05) is 23.6 Å². The Hall–Kier alpha value is -1.97. The van der Waals surface area contributed by atoms with Gasteiger partial charge in [-0.15, -0.1) is 0 Å². The van der Waals surface area contributed by atoms with Gasteiger partial charge in [0.25, 0.3) is 0 Å². The molecule has 0 aromatic rings. The number of nitrogens with one attached hydrogen (secondary N) is 1. The highest BCUT2D eigenvalue weighted by Gasteiger charge is 2.28. The van der Waals surface area contributed by atoms with Gasteiger partial charge in [-0.2, -0.15) is 0 Å². The topological polar surface area (TPSA) is 58.5 Å². The molecule has 0 aromatic carbocycles. The fraction of sp³-hybridized carbons (Fsp3) is 0.526. The molecule has 1 N–H and O–H groups in total. The van der Waals surface area contributed by atoms with Crippen LogP contribution in [0.4, 0.5) is 0 Å². The molecule has 0 saturated heterocycles. The van der Waals surface area contributed by atoms with Crippen molar-refractivity contribution >= 4 is 17.5 Å². The first kappa shape index (κ1) is 15.9. The first-order valence-electron chi connectivity index (χ1n) is 8.59. The van der Waals surface area contributed by atoms with Crippen LogP contribution in [-0.2, 0) is 9.59 Å². The number of rotatable bonds is 2. The summed E-state index contributed by atoms with van der Waals surface area (Å²) in [5.41, 5.74) is 2.59. The fourth-order valence-electron chi connectivity index (χ4n) is 3.58. The third-order valence-electron chi connectivity index (χ3n) is 4.88. The molecular formula is C19H24N2O2. The molecule has 1 fully saturated rings. The summed E-state index contributed by atoms with van der Waals surface area (Å²) in [4.78, 5) is 28.5. The van der Waals surface area contributed by atoms with Crippen LogP contribution in [0.2, 0.25) is 0 Å². The van der Waals surface area contributed by atoms with E-state index in [0.717, 1.165) is 37.0 Å². The van der Waals surface area contributed by atoms with Gasteiger partial charge in [-0.1, -0.05) is 39.2 Å². The summed E-state index contributed by atoms with van der Waals surface area (Å²) in [5.74, 6) is 0.372. The number of carbonyl (C=O) groups excluding carboxylic acids is 2. The molecule has 1 aliphatic heterocycles. The predicted octanol–water partition coefficient (Wildman–Crippen LogP) is 3.32. The summed E-state index contributed by atoms with van der Waals surface area (Å²) in [6.45, 7) is 4.18. The van der Waals surface area contributed by atoms with Crippen molar-refractivity contribution in [3.05, 3.63) is 35.6 Å². The highest BCUT2D eigenvalue weighted by Crippen LogP contribution is 2.32. The third-order valence-corrected chi connectivity index (χ3v) is 4.88. The van der Waals surface area contributed by atoms with Gasteiger partial charge in [-0.05, 0) is 36.5 Å². The van der Waals surface area contributed by atoms with Gasteiger partial charge in [0.15, 0.2) is 0 Å². The van der Waals surface area contributed by atoms with Crippen molar-refractivity contribution in [2.75, 3.05) is 0 Å². The lowest BCUT2D eigenvalue weighted by molar-refractivity contribution is -0.122. The highest BCUT2D eigenvalue weighted by atomic mass is 16.2. The van der Waals surface area contributed by atoms with E-state index in [1.54, 1.807) is 6.08 Å². The minimum absolute atomic E-state index is 0.0126. The van der Waals surface area contributed by atoms with Crippen molar-refractivity contribution in [3.8, 4) is 0 Å². The van der Waals surface area contributed by atoms with Crippen molar-refractivity contribution in [2.45, 2.75) is 46.0 Å². The van der Waals surface area contributed by atoms with Crippen molar-refractivity contribution in [1.82, 2.24) is 5.32 Å². The monoisotopic (exact) mass is 312 g/mol. The number of fused-ring (bicyclic) bond motifs is 1. The number of hydrogen-bond acceptors (Lipinski definition) is 2. The van der Waals surface area contributed by atoms with Crippen LogP contribution >= 0.6 is 0 Å². The van der Waals surface area contributed by atoms with E-state index in [1.807, 2.05) is 18.2 Å². The molecule has 0 bridgehead atoms. The number of amides is 2. The minimum Gasteiger partial charge on any atom is -0.325 e. The zero-order chi connectivity index (χ0) is 16.4. The second-order valence-corrected chi connectivity index (χ2v) is 6.93. The van der Waals surface area contributed by atoms with Crippen LogP contribution in [-0.4, -0.2) is 17.5 Å². The molecule has 2 amide bonds. The molecule has 0 aromatic heterocycles. The summed E-state index contributed by atoms with van der Waals surface area (Å²) < 4.78 is 0. The number of hydrogen-bond donors (Lipinski definition) is 1. The Labute approximate surface area is 137 Å². The van der Waals surface area contributed by atoms with Crippen LogP contribution in [0, 0.1) is 17.8 Å². The first-order chi connectivity index (χ1) is 11.0. The fourth-order valence-corrected chi connectivity index (χ4v) is 3.58. The van der Waals surface area contributed by atoms with Gasteiger partial charge in [-0.25, -0.2) is 4.99 Å². The summed E-state index contributed by atoms with van der Waals surface area (Å²) in [6, 6.07) is 0. The van der Waals surface area contributed by atoms with E-state index in [-0.39, 0.29) is 23.7 Å². The average Bonchev–Trinajstić information content (AvgIpc) is 2.54. The van der Waals surface area contributed by atoms with E-state index in [4.69, 9.17) is 0 Å². The van der Waals surface area contributed by atoms with Crippen molar-refractivity contribution in [1.29, 1.82) is 0 Å². The smallest absolute Gasteiger partial charge is 0.249 e. The normalized spacial score (nSPS) is 26.7. The second kappa shape index (κ2) is 6.65. The van der Waals surface area contributed by atoms with Crippen molar-refractivity contribution in [3.63, 3.8) is 0 Å². The van der Waals surface area contributed by atoms with Crippen LogP contribution < -0.4 is 5.32 Å². The maximum absolute atomic E-state index is 12.3. The number of nitrogens with zero attached hydrogens (tertiary/aromatic N) is 1. The molecule has 2 aliphatic carbocycles. The number of carbonyl (C=O) groups is 2. The Bertz CT molecular complexity index is 632. The molecule has 3 aliphatic rings. The zero-order valence-electron chi connectivity index (χ0n) is 13.8. The summed E-state index contributed by atoms with van der Waals surface area (Å²) in [6.07, 6.45) is 12.9. The molecule has 23 heavy (non-hydrogen) atoms. The second-order valence-electron chi connectivity index (χ2n) is 6.93. The van der Waals surface area contributed by atoms with Gasteiger partial charge in [0.05, 0.1) is 5.71 Å². The zero-order valence-corrected chi connectivity index (χ0v) is 13.8. The van der Waals surface area contributed by atoms with Gasteiger partial charge >= 0.3 is 0 Å². The Morgan fingerprint density at radius 3 is 2.65 bits per heavy atom. The Morgan fingerprint density at radius 2 is 1.96 bits per heavy atom. The van der Waals surface area contributed by atoms with Crippen LogP contribution in [0.25, 0.3) is 0 Å². The summed E-state index contributed by atoms with van der Waals surface area (Å²) in [7, 11) is 0. The molecule has 0 radical (unpaired) electrons. The van der Waals surface area contributed by atoms with Gasteiger partial charge in [0.1, 0.15) is 0 Å². The van der Waals surface area contributed by atoms with Crippen molar-refractivity contribution < 1.29 is 9.59 Å². The molecule has 4 nitrogen and oxygen atoms in total. The molecule has 0 spiro atoms. The standard InChI is InChI=1S/C19H24N2O2/c1-12(2)16-11-18(22)21-17-10-14(8-9-15(16)17)20-19(23)13-6-4-3-5-7-13/h8-13,15H,3-7H2,1-2H3,(H,21,22).